The van der Waals surface area contributed by atoms with Gasteiger partial charge in [0.25, 0.3) is 11.5 Å². The van der Waals surface area contributed by atoms with Gasteiger partial charge in [0.1, 0.15) is 17.0 Å². The highest BCUT2D eigenvalue weighted by Crippen LogP contribution is 2.29. The lowest BCUT2D eigenvalue weighted by Crippen LogP contribution is -2.15. The summed E-state index contributed by atoms with van der Waals surface area (Å²) in [5, 5.41) is 7.99. The number of H-pyrrole nitrogens is 1. The topological polar surface area (TPSA) is 88.5 Å². The minimum Gasteiger partial charge on any atom is -0.492 e. The van der Waals surface area contributed by atoms with Crippen LogP contribution < -0.4 is 15.6 Å². The van der Waals surface area contributed by atoms with Gasteiger partial charge in [0.2, 0.25) is 0 Å². The highest BCUT2D eigenvalue weighted by atomic mass is 35.5. The van der Waals surface area contributed by atoms with Gasteiger partial charge >= 0.3 is 0 Å². The molecule has 7 nitrogen and oxygen atoms in total. The van der Waals surface area contributed by atoms with Crippen LogP contribution >= 0.6 is 11.6 Å². The molecule has 0 aliphatic carbocycles. The number of halogens is 1. The van der Waals surface area contributed by atoms with Crippen LogP contribution in [0.1, 0.15) is 17.3 Å². The summed E-state index contributed by atoms with van der Waals surface area (Å²) in [7, 11) is 0. The number of ether oxygens (including phenoxy) is 1. The van der Waals surface area contributed by atoms with Crippen molar-refractivity contribution in [2.75, 3.05) is 11.9 Å². The van der Waals surface area contributed by atoms with Crippen molar-refractivity contribution in [3.8, 4) is 5.75 Å². The first-order chi connectivity index (χ1) is 13.1. The summed E-state index contributed by atoms with van der Waals surface area (Å²) in [4.78, 5) is 27.9. The van der Waals surface area contributed by atoms with Crippen LogP contribution in [-0.2, 0) is 0 Å². The smallest absolute Gasteiger partial charge is 0.261 e. The number of aromatic nitrogens is 3. The summed E-state index contributed by atoms with van der Waals surface area (Å²) in [6, 6.07) is 12.0. The Balaban J connectivity index is 1.78. The number of carbonyl (C=O) groups excluding carboxylic acids is 1. The van der Waals surface area contributed by atoms with Crippen molar-refractivity contribution < 1.29 is 9.53 Å². The Morgan fingerprint density at radius 2 is 2.11 bits per heavy atom. The number of fused-ring (bicyclic) bond motifs is 3. The van der Waals surface area contributed by atoms with E-state index in [4.69, 9.17) is 16.3 Å². The first-order valence-electron chi connectivity index (χ1n) is 8.31. The lowest BCUT2D eigenvalue weighted by Gasteiger charge is -2.11. The molecule has 2 N–H and O–H groups in total. The number of benzene rings is 2. The van der Waals surface area contributed by atoms with Gasteiger partial charge in [0.05, 0.1) is 29.4 Å². The van der Waals surface area contributed by atoms with E-state index in [2.05, 4.69) is 15.4 Å². The van der Waals surface area contributed by atoms with Crippen LogP contribution in [0.4, 0.5) is 5.69 Å². The second kappa shape index (κ2) is 6.77. The normalized spacial score (nSPS) is 11.0. The lowest BCUT2D eigenvalue weighted by atomic mass is 10.2. The summed E-state index contributed by atoms with van der Waals surface area (Å²) in [6.07, 6.45) is 1.41. The zero-order valence-corrected chi connectivity index (χ0v) is 15.1. The number of nitrogens with one attached hydrogen (secondary N) is 2. The highest BCUT2D eigenvalue weighted by molar-refractivity contribution is 6.31. The van der Waals surface area contributed by atoms with Gasteiger partial charge in [-0.3, -0.25) is 9.59 Å². The van der Waals surface area contributed by atoms with Gasteiger partial charge in [-0.1, -0.05) is 23.7 Å². The van der Waals surface area contributed by atoms with E-state index in [9.17, 15) is 9.59 Å². The van der Waals surface area contributed by atoms with Crippen LogP contribution in [0.2, 0.25) is 5.02 Å². The molecule has 0 atom stereocenters. The molecule has 2 aromatic heterocycles. The van der Waals surface area contributed by atoms with E-state index in [1.807, 2.05) is 13.0 Å². The van der Waals surface area contributed by atoms with Crippen molar-refractivity contribution in [1.29, 1.82) is 0 Å². The van der Waals surface area contributed by atoms with E-state index >= 15 is 0 Å². The number of anilines is 1. The summed E-state index contributed by atoms with van der Waals surface area (Å²) in [5.41, 5.74) is 1.33. The van der Waals surface area contributed by atoms with Gasteiger partial charge in [-0.25, -0.2) is 4.52 Å². The van der Waals surface area contributed by atoms with Crippen molar-refractivity contribution >= 4 is 39.7 Å². The molecule has 8 heteroatoms. The van der Waals surface area contributed by atoms with Crippen LogP contribution in [0.5, 0.6) is 5.75 Å². The Labute approximate surface area is 158 Å². The molecule has 0 radical (unpaired) electrons. The molecule has 4 rings (SSSR count). The molecular weight excluding hydrogens is 368 g/mol. The van der Waals surface area contributed by atoms with E-state index in [1.54, 1.807) is 36.4 Å². The molecule has 0 bridgehead atoms. The van der Waals surface area contributed by atoms with Crippen molar-refractivity contribution in [3.63, 3.8) is 0 Å². The van der Waals surface area contributed by atoms with Gasteiger partial charge in [0.15, 0.2) is 0 Å². The molecule has 4 aromatic rings. The molecule has 136 valence electrons. The number of amides is 1. The van der Waals surface area contributed by atoms with Gasteiger partial charge in [-0.2, -0.15) is 5.10 Å². The third-order valence-electron chi connectivity index (χ3n) is 4.11. The van der Waals surface area contributed by atoms with Crippen LogP contribution in [0, 0.1) is 0 Å². The zero-order valence-electron chi connectivity index (χ0n) is 14.3. The summed E-state index contributed by atoms with van der Waals surface area (Å²) < 4.78 is 7.06. The fraction of sp³-hybridized carbons (Fsp3) is 0.105. The molecule has 0 unspecified atom stereocenters. The number of carbonyl (C=O) groups is 1. The Morgan fingerprint density at radius 1 is 1.30 bits per heavy atom. The van der Waals surface area contributed by atoms with E-state index < -0.39 is 5.91 Å². The first kappa shape index (κ1) is 17.1. The van der Waals surface area contributed by atoms with E-state index in [0.29, 0.717) is 39.6 Å². The average molecular weight is 383 g/mol. The first-order valence-corrected chi connectivity index (χ1v) is 8.68. The highest BCUT2D eigenvalue weighted by Gasteiger charge is 2.18. The second-order valence-electron chi connectivity index (χ2n) is 5.82. The number of rotatable bonds is 4. The van der Waals surface area contributed by atoms with E-state index in [0.717, 1.165) is 0 Å². The van der Waals surface area contributed by atoms with Gasteiger partial charge in [-0.05, 0) is 37.3 Å². The molecule has 0 fully saturated rings. The largest absolute Gasteiger partial charge is 0.492 e. The Hall–Kier alpha value is -3.32. The summed E-state index contributed by atoms with van der Waals surface area (Å²) in [5.74, 6) is 0.0739. The minimum absolute atomic E-state index is 0.236. The maximum absolute atomic E-state index is 12.8. The summed E-state index contributed by atoms with van der Waals surface area (Å²) in [6.45, 7) is 2.29. The predicted molar refractivity (Wildman–Crippen MR) is 104 cm³/mol. The molecule has 2 aromatic carbocycles. The molecule has 27 heavy (non-hydrogen) atoms. The maximum atomic E-state index is 12.8. The standard InChI is InChI=1S/C19H15ClN4O3/c1-2-27-16-8-7-11(20)9-14(16)22-19(26)13-10-21-24-15-6-4-3-5-12(15)18(25)23-17(13)24/h3-10H,2H2,1H3,(H,22,26)(H,23,25). The van der Waals surface area contributed by atoms with Gasteiger partial charge < -0.3 is 15.0 Å². The van der Waals surface area contributed by atoms with Crippen LogP contribution in [0.3, 0.4) is 0 Å². The molecule has 0 aliphatic rings. The molecule has 2 heterocycles. The Kier molecular flexibility index (Phi) is 4.29. The fourth-order valence-electron chi connectivity index (χ4n) is 2.91. The zero-order chi connectivity index (χ0) is 19.0. The third-order valence-corrected chi connectivity index (χ3v) is 4.35. The minimum atomic E-state index is -0.431. The van der Waals surface area contributed by atoms with Crippen LogP contribution in [0.25, 0.3) is 16.6 Å². The number of hydrogen-bond donors (Lipinski definition) is 2. The van der Waals surface area contributed by atoms with Gasteiger partial charge in [0, 0.05) is 5.02 Å². The monoisotopic (exact) mass is 382 g/mol. The van der Waals surface area contributed by atoms with Crippen molar-refractivity contribution in [2.45, 2.75) is 6.92 Å². The molecule has 0 saturated heterocycles. The van der Waals surface area contributed by atoms with Gasteiger partial charge in [-0.15, -0.1) is 0 Å². The lowest BCUT2D eigenvalue weighted by molar-refractivity contribution is 0.102. The maximum Gasteiger partial charge on any atom is 0.261 e. The third kappa shape index (κ3) is 3.02. The second-order valence-corrected chi connectivity index (χ2v) is 6.25. The Morgan fingerprint density at radius 3 is 2.93 bits per heavy atom. The SMILES string of the molecule is CCOc1ccc(Cl)cc1NC(=O)c1cnn2c1[nH]c(=O)c1ccccc12. The molecular formula is C19H15ClN4O3. The number of nitrogens with zero attached hydrogens (tertiary/aromatic N) is 2. The molecule has 0 spiro atoms. The molecule has 1 amide bonds. The van der Waals surface area contributed by atoms with Crippen LogP contribution in [0.15, 0.2) is 53.5 Å². The predicted octanol–water partition coefficient (Wildman–Crippen LogP) is 3.48. The number of aromatic amines is 1. The number of hydrogen-bond acceptors (Lipinski definition) is 4. The van der Waals surface area contributed by atoms with Crippen molar-refractivity contribution in [1.82, 2.24) is 14.6 Å². The van der Waals surface area contributed by atoms with Crippen molar-refractivity contribution in [2.24, 2.45) is 0 Å². The quantitative estimate of drug-likeness (QED) is 0.565. The number of para-hydroxylation sites is 1. The molecule has 0 aliphatic heterocycles. The Bertz CT molecular complexity index is 1230. The van der Waals surface area contributed by atoms with Crippen LogP contribution in [-0.4, -0.2) is 27.1 Å². The van der Waals surface area contributed by atoms with E-state index in [1.165, 1.54) is 10.7 Å². The van der Waals surface area contributed by atoms with E-state index in [-0.39, 0.29) is 11.1 Å². The molecule has 0 saturated carbocycles. The fourth-order valence-corrected chi connectivity index (χ4v) is 3.09. The summed E-state index contributed by atoms with van der Waals surface area (Å²) >= 11 is 6.04. The average Bonchev–Trinajstić information content (AvgIpc) is 3.08. The van der Waals surface area contributed by atoms with Crippen molar-refractivity contribution in [3.05, 3.63) is 69.6 Å².